The number of nitrogens with zero attached hydrogens (tertiary/aromatic N) is 4. The van der Waals surface area contributed by atoms with Crippen LogP contribution in [0.2, 0.25) is 0 Å². The van der Waals surface area contributed by atoms with Crippen LogP contribution >= 0.6 is 0 Å². The minimum absolute atomic E-state index is 0.0978. The number of fused-ring (bicyclic) bond motifs is 1. The van der Waals surface area contributed by atoms with E-state index in [0.29, 0.717) is 24.7 Å². The summed E-state index contributed by atoms with van der Waals surface area (Å²) >= 11 is 0. The zero-order chi connectivity index (χ0) is 23.5. The highest BCUT2D eigenvalue weighted by atomic mass is 16.5. The molecular formula is C25H30N4O4. The Bertz CT molecular complexity index is 1040. The summed E-state index contributed by atoms with van der Waals surface area (Å²) < 4.78 is 6.32. The van der Waals surface area contributed by atoms with Crippen molar-refractivity contribution in [3.05, 3.63) is 65.7 Å². The van der Waals surface area contributed by atoms with Crippen LogP contribution in [-0.2, 0) is 11.3 Å². The van der Waals surface area contributed by atoms with E-state index >= 15 is 0 Å². The minimum atomic E-state index is -0.701. The van der Waals surface area contributed by atoms with Gasteiger partial charge in [-0.25, -0.2) is 9.79 Å². The molecule has 0 bridgehead atoms. The van der Waals surface area contributed by atoms with Gasteiger partial charge < -0.3 is 19.6 Å². The number of benzene rings is 2. The Morgan fingerprint density at radius 1 is 1.06 bits per heavy atom. The second kappa shape index (κ2) is 9.62. The van der Waals surface area contributed by atoms with Gasteiger partial charge in [0.1, 0.15) is 5.75 Å². The Morgan fingerprint density at radius 3 is 2.45 bits per heavy atom. The first-order valence-corrected chi connectivity index (χ1v) is 11.3. The summed E-state index contributed by atoms with van der Waals surface area (Å²) in [5, 5.41) is 9.23. The summed E-state index contributed by atoms with van der Waals surface area (Å²) in [6.45, 7) is 4.66. The number of hydrogen-bond donors (Lipinski definition) is 1. The van der Waals surface area contributed by atoms with Gasteiger partial charge in [-0.3, -0.25) is 9.69 Å². The molecule has 2 aromatic rings. The van der Waals surface area contributed by atoms with Crippen molar-refractivity contribution in [1.29, 1.82) is 0 Å². The molecule has 2 aliphatic heterocycles. The fourth-order valence-electron chi connectivity index (χ4n) is 4.27. The molecule has 0 aliphatic carbocycles. The molecule has 3 amide bonds. The van der Waals surface area contributed by atoms with E-state index in [-0.39, 0.29) is 25.0 Å². The van der Waals surface area contributed by atoms with Crippen LogP contribution in [0, 0.1) is 0 Å². The first-order chi connectivity index (χ1) is 15.9. The molecule has 8 nitrogen and oxygen atoms in total. The maximum atomic E-state index is 13.5. The fourth-order valence-corrected chi connectivity index (χ4v) is 4.27. The summed E-state index contributed by atoms with van der Waals surface area (Å²) in [5.74, 6) is 0.599. The lowest BCUT2D eigenvalue weighted by molar-refractivity contribution is -0.137. The van der Waals surface area contributed by atoms with Crippen LogP contribution in [0.1, 0.15) is 37.3 Å². The van der Waals surface area contributed by atoms with Gasteiger partial charge in [0.2, 0.25) is 0 Å². The predicted molar refractivity (Wildman–Crippen MR) is 125 cm³/mol. The Morgan fingerprint density at radius 2 is 1.76 bits per heavy atom. The molecule has 174 valence electrons. The van der Waals surface area contributed by atoms with E-state index in [2.05, 4.69) is 13.8 Å². The molecular weight excluding hydrogens is 420 g/mol. The third-order valence-electron chi connectivity index (χ3n) is 6.03. The maximum Gasteiger partial charge on any atom is 0.328 e. The molecule has 33 heavy (non-hydrogen) atoms. The van der Waals surface area contributed by atoms with E-state index in [9.17, 15) is 14.7 Å². The number of amidine groups is 1. The zero-order valence-electron chi connectivity index (χ0n) is 19.2. The molecule has 2 aliphatic rings. The number of carbonyl (C=O) groups is 2. The monoisotopic (exact) mass is 450 g/mol. The number of ether oxygens (including phenoxy) is 1. The number of hydrogen-bond acceptors (Lipinski definition) is 6. The molecule has 2 heterocycles. The van der Waals surface area contributed by atoms with Crippen molar-refractivity contribution in [3.63, 3.8) is 0 Å². The third kappa shape index (κ3) is 4.43. The van der Waals surface area contributed by atoms with Crippen molar-refractivity contribution < 1.29 is 19.4 Å². The summed E-state index contributed by atoms with van der Waals surface area (Å²) in [5.41, 5.74) is 2.04. The van der Waals surface area contributed by atoms with E-state index < -0.39 is 18.2 Å². The van der Waals surface area contributed by atoms with Gasteiger partial charge in [0, 0.05) is 26.7 Å². The lowest BCUT2D eigenvalue weighted by Gasteiger charge is -2.41. The van der Waals surface area contributed by atoms with Gasteiger partial charge >= 0.3 is 6.03 Å². The minimum Gasteiger partial charge on any atom is -0.426 e. The van der Waals surface area contributed by atoms with Crippen molar-refractivity contribution in [2.45, 2.75) is 44.9 Å². The van der Waals surface area contributed by atoms with Crippen molar-refractivity contribution >= 4 is 18.0 Å². The molecule has 8 heteroatoms. The number of aliphatic hydroxyl groups is 1. The summed E-state index contributed by atoms with van der Waals surface area (Å²) in [7, 11) is 1.65. The van der Waals surface area contributed by atoms with Gasteiger partial charge in [0.25, 0.3) is 11.9 Å². The molecule has 2 aromatic carbocycles. The molecule has 0 spiro atoms. The van der Waals surface area contributed by atoms with Gasteiger partial charge in [-0.1, -0.05) is 62.4 Å². The Labute approximate surface area is 194 Å². The summed E-state index contributed by atoms with van der Waals surface area (Å²) in [6.07, 6.45) is -0.354. The van der Waals surface area contributed by atoms with Crippen LogP contribution in [0.3, 0.4) is 0 Å². The van der Waals surface area contributed by atoms with Crippen LogP contribution in [0.15, 0.2) is 59.6 Å². The number of para-hydroxylation sites is 1. The average molecular weight is 451 g/mol. The van der Waals surface area contributed by atoms with Crippen LogP contribution in [-0.4, -0.2) is 70.2 Å². The van der Waals surface area contributed by atoms with E-state index in [1.54, 1.807) is 7.05 Å². The number of rotatable bonds is 7. The number of aliphatic hydroxyl groups excluding tert-OH is 1. The number of likely N-dealkylation sites (N-methyl/N-ethyl adjacent to an activating group) is 1. The maximum absolute atomic E-state index is 13.5. The molecule has 0 saturated carbocycles. The van der Waals surface area contributed by atoms with Gasteiger partial charge in [0.05, 0.1) is 0 Å². The van der Waals surface area contributed by atoms with E-state index in [4.69, 9.17) is 9.73 Å². The lowest BCUT2D eigenvalue weighted by Crippen LogP contribution is -2.65. The molecule has 2 unspecified atom stereocenters. The van der Waals surface area contributed by atoms with Gasteiger partial charge in [0.15, 0.2) is 12.2 Å². The molecule has 0 radical (unpaired) electrons. The molecule has 1 saturated heterocycles. The highest BCUT2D eigenvalue weighted by molar-refractivity contribution is 6.03. The van der Waals surface area contributed by atoms with E-state index in [1.165, 1.54) is 9.80 Å². The van der Waals surface area contributed by atoms with Crippen LogP contribution in [0.25, 0.3) is 0 Å². The number of carbonyl (C=O) groups excluding carboxylic acids is 2. The van der Waals surface area contributed by atoms with Crippen molar-refractivity contribution in [2.24, 2.45) is 4.99 Å². The lowest BCUT2D eigenvalue weighted by atomic mass is 10.0. The number of amides is 3. The second-order valence-corrected chi connectivity index (χ2v) is 8.64. The molecule has 1 fully saturated rings. The van der Waals surface area contributed by atoms with Crippen molar-refractivity contribution in [3.8, 4) is 5.75 Å². The number of aliphatic imine (C=N–C) groups is 1. The number of urea groups is 1. The fraction of sp³-hybridized carbons (Fsp3) is 0.400. The highest BCUT2D eigenvalue weighted by Gasteiger charge is 2.52. The largest absolute Gasteiger partial charge is 0.426 e. The highest BCUT2D eigenvalue weighted by Crippen LogP contribution is 2.32. The summed E-state index contributed by atoms with van der Waals surface area (Å²) in [4.78, 5) is 35.6. The van der Waals surface area contributed by atoms with E-state index in [1.807, 2.05) is 59.5 Å². The molecule has 2 atom stereocenters. The third-order valence-corrected chi connectivity index (χ3v) is 6.03. The van der Waals surface area contributed by atoms with Crippen LogP contribution in [0.4, 0.5) is 4.79 Å². The number of imide groups is 1. The van der Waals surface area contributed by atoms with Crippen molar-refractivity contribution in [2.75, 3.05) is 20.2 Å². The first-order valence-electron chi connectivity index (χ1n) is 11.3. The predicted octanol–water partition coefficient (Wildman–Crippen LogP) is 3.03. The average Bonchev–Trinajstić information content (AvgIpc) is 3.16. The SMILES string of the molecule is CC(C)c1ccccc1OC1=NC2C(C(=O)N(CCCO)C(=O)N2C)N1Cc1ccccc1. The molecule has 0 aromatic heterocycles. The Balaban J connectivity index is 1.71. The van der Waals surface area contributed by atoms with Gasteiger partial charge in [-0.05, 0) is 29.5 Å². The second-order valence-electron chi connectivity index (χ2n) is 8.64. The standard InChI is InChI=1S/C25H30N4O4/c1-17(2)19-12-7-8-13-20(19)33-24-26-22-21(29(24)16-18-10-5-4-6-11-18)23(31)28(14-9-15-30)25(32)27(22)3/h4-8,10-13,17,21-22,30H,9,14-16H2,1-3H3. The Kier molecular flexibility index (Phi) is 6.65. The van der Waals surface area contributed by atoms with Crippen molar-refractivity contribution in [1.82, 2.24) is 14.7 Å². The van der Waals surface area contributed by atoms with E-state index in [0.717, 1.165) is 11.1 Å². The Hall–Kier alpha value is -3.39. The normalized spacial score (nSPS) is 20.4. The quantitative estimate of drug-likeness (QED) is 0.701. The topological polar surface area (TPSA) is 85.7 Å². The zero-order valence-corrected chi connectivity index (χ0v) is 19.2. The molecule has 1 N–H and O–H groups in total. The van der Waals surface area contributed by atoms with Crippen LogP contribution < -0.4 is 4.74 Å². The summed E-state index contributed by atoms with van der Waals surface area (Å²) in [6, 6.07) is 16.8. The smallest absolute Gasteiger partial charge is 0.328 e. The van der Waals surface area contributed by atoms with Gasteiger partial charge in [-0.2, -0.15) is 0 Å². The first kappa shape index (κ1) is 22.8. The molecule has 4 rings (SSSR count). The van der Waals surface area contributed by atoms with Gasteiger partial charge in [-0.15, -0.1) is 0 Å². The van der Waals surface area contributed by atoms with Crippen LogP contribution in [0.5, 0.6) is 5.75 Å².